The molecule has 86 valence electrons. The summed E-state index contributed by atoms with van der Waals surface area (Å²) in [5.74, 6) is -0.747. The molecule has 16 heavy (non-hydrogen) atoms. The fourth-order valence-corrected chi connectivity index (χ4v) is 1.94. The van der Waals surface area contributed by atoms with Crippen molar-refractivity contribution < 1.29 is 9.90 Å². The van der Waals surface area contributed by atoms with Gasteiger partial charge in [0.2, 0.25) is 0 Å². The number of likely N-dealkylation sites (N-methyl/N-ethyl adjacent to an activating group) is 1. The largest absolute Gasteiger partial charge is 0.481 e. The SMILES string of the molecule is CN1CCNc2cc(CCC(=O)O)ccc21. The Labute approximate surface area is 94.9 Å². The zero-order chi connectivity index (χ0) is 11.5. The van der Waals surface area contributed by atoms with E-state index in [1.54, 1.807) is 0 Å². The second-order valence-corrected chi connectivity index (χ2v) is 4.09. The van der Waals surface area contributed by atoms with Crippen molar-refractivity contribution in [2.24, 2.45) is 0 Å². The molecular weight excluding hydrogens is 204 g/mol. The van der Waals surface area contributed by atoms with Crippen LogP contribution < -0.4 is 10.2 Å². The molecule has 0 saturated heterocycles. The number of nitrogens with one attached hydrogen (secondary N) is 1. The van der Waals surface area contributed by atoms with Crippen molar-refractivity contribution in [3.8, 4) is 0 Å². The predicted octanol–water partition coefficient (Wildman–Crippen LogP) is 1.57. The van der Waals surface area contributed by atoms with Crippen molar-refractivity contribution in [3.05, 3.63) is 23.8 Å². The Bertz CT molecular complexity index is 404. The van der Waals surface area contributed by atoms with Gasteiger partial charge < -0.3 is 15.3 Å². The fourth-order valence-electron chi connectivity index (χ4n) is 1.94. The van der Waals surface area contributed by atoms with Gasteiger partial charge in [0.1, 0.15) is 0 Å². The van der Waals surface area contributed by atoms with Gasteiger partial charge in [0.15, 0.2) is 0 Å². The quantitative estimate of drug-likeness (QED) is 0.811. The summed E-state index contributed by atoms with van der Waals surface area (Å²) in [6.07, 6.45) is 0.780. The van der Waals surface area contributed by atoms with E-state index in [0.717, 1.165) is 24.3 Å². The number of benzene rings is 1. The molecule has 1 heterocycles. The van der Waals surface area contributed by atoms with E-state index in [1.807, 2.05) is 12.1 Å². The van der Waals surface area contributed by atoms with E-state index in [4.69, 9.17) is 5.11 Å². The molecular formula is C12H16N2O2. The maximum atomic E-state index is 10.5. The monoisotopic (exact) mass is 220 g/mol. The molecule has 1 aromatic carbocycles. The number of rotatable bonds is 3. The van der Waals surface area contributed by atoms with Crippen LogP contribution in [0, 0.1) is 0 Å². The maximum Gasteiger partial charge on any atom is 0.303 e. The summed E-state index contributed by atoms with van der Waals surface area (Å²) in [7, 11) is 2.07. The number of carbonyl (C=O) groups is 1. The van der Waals surface area contributed by atoms with Crippen LogP contribution in [0.15, 0.2) is 18.2 Å². The predicted molar refractivity (Wildman–Crippen MR) is 64.2 cm³/mol. The summed E-state index contributed by atoms with van der Waals surface area (Å²) in [6, 6.07) is 6.11. The van der Waals surface area contributed by atoms with Crippen LogP contribution in [0.2, 0.25) is 0 Å². The molecule has 0 atom stereocenters. The Morgan fingerprint density at radius 2 is 2.38 bits per heavy atom. The zero-order valence-corrected chi connectivity index (χ0v) is 9.36. The number of fused-ring (bicyclic) bond motifs is 1. The van der Waals surface area contributed by atoms with Crippen LogP contribution in [0.4, 0.5) is 11.4 Å². The van der Waals surface area contributed by atoms with E-state index in [1.165, 1.54) is 5.69 Å². The van der Waals surface area contributed by atoms with Gasteiger partial charge in [-0.05, 0) is 24.1 Å². The highest BCUT2D eigenvalue weighted by Crippen LogP contribution is 2.29. The first-order chi connectivity index (χ1) is 7.66. The van der Waals surface area contributed by atoms with Crippen LogP contribution in [0.5, 0.6) is 0 Å². The number of anilines is 2. The first-order valence-electron chi connectivity index (χ1n) is 5.46. The average Bonchev–Trinajstić information content (AvgIpc) is 2.26. The molecule has 1 aliphatic rings. The van der Waals surface area contributed by atoms with Gasteiger partial charge in [-0.15, -0.1) is 0 Å². The Morgan fingerprint density at radius 1 is 1.56 bits per heavy atom. The van der Waals surface area contributed by atoms with Crippen molar-refractivity contribution in [1.29, 1.82) is 0 Å². The molecule has 0 amide bonds. The lowest BCUT2D eigenvalue weighted by Crippen LogP contribution is -2.30. The average molecular weight is 220 g/mol. The van der Waals surface area contributed by atoms with Crippen molar-refractivity contribution in [2.75, 3.05) is 30.4 Å². The Balaban J connectivity index is 2.15. The first kappa shape index (κ1) is 10.8. The number of hydrogen-bond acceptors (Lipinski definition) is 3. The smallest absolute Gasteiger partial charge is 0.303 e. The highest BCUT2D eigenvalue weighted by Gasteiger charge is 2.13. The molecule has 0 unspecified atom stereocenters. The van der Waals surface area contributed by atoms with Gasteiger partial charge in [-0.3, -0.25) is 4.79 Å². The van der Waals surface area contributed by atoms with Crippen LogP contribution in [-0.4, -0.2) is 31.2 Å². The van der Waals surface area contributed by atoms with Gasteiger partial charge in [-0.25, -0.2) is 0 Å². The molecule has 2 N–H and O–H groups in total. The minimum Gasteiger partial charge on any atom is -0.481 e. The maximum absolute atomic E-state index is 10.5. The minimum absolute atomic E-state index is 0.189. The van der Waals surface area contributed by atoms with Gasteiger partial charge in [0.05, 0.1) is 11.4 Å². The number of nitrogens with zero attached hydrogens (tertiary/aromatic N) is 1. The number of carboxylic acid groups (broad SMARTS) is 1. The molecule has 4 nitrogen and oxygen atoms in total. The summed E-state index contributed by atoms with van der Waals surface area (Å²) in [4.78, 5) is 12.7. The van der Waals surface area contributed by atoms with Crippen LogP contribution in [0.3, 0.4) is 0 Å². The second kappa shape index (κ2) is 4.43. The van der Waals surface area contributed by atoms with Crippen molar-refractivity contribution in [1.82, 2.24) is 0 Å². The van der Waals surface area contributed by atoms with E-state index >= 15 is 0 Å². The van der Waals surface area contributed by atoms with Gasteiger partial charge in [-0.1, -0.05) is 6.07 Å². The first-order valence-corrected chi connectivity index (χ1v) is 5.46. The number of carboxylic acids is 1. The molecule has 1 aliphatic heterocycles. The van der Waals surface area contributed by atoms with E-state index in [2.05, 4.69) is 23.3 Å². The molecule has 1 aromatic rings. The lowest BCUT2D eigenvalue weighted by atomic mass is 10.1. The Kier molecular flexibility index (Phi) is 2.99. The van der Waals surface area contributed by atoms with E-state index < -0.39 is 5.97 Å². The van der Waals surface area contributed by atoms with E-state index in [9.17, 15) is 4.79 Å². The molecule has 0 fully saturated rings. The Morgan fingerprint density at radius 3 is 3.12 bits per heavy atom. The van der Waals surface area contributed by atoms with Gasteiger partial charge in [0, 0.05) is 26.6 Å². The molecule has 2 rings (SSSR count). The number of aryl methyl sites for hydroxylation is 1. The van der Waals surface area contributed by atoms with Crippen molar-refractivity contribution in [3.63, 3.8) is 0 Å². The highest BCUT2D eigenvalue weighted by atomic mass is 16.4. The lowest BCUT2D eigenvalue weighted by molar-refractivity contribution is -0.136. The molecule has 0 aromatic heterocycles. The number of hydrogen-bond donors (Lipinski definition) is 2. The van der Waals surface area contributed by atoms with Crippen LogP contribution in [-0.2, 0) is 11.2 Å². The molecule has 0 radical (unpaired) electrons. The number of aliphatic carboxylic acids is 1. The third kappa shape index (κ3) is 2.27. The van der Waals surface area contributed by atoms with Crippen molar-refractivity contribution >= 4 is 17.3 Å². The summed E-state index contributed by atoms with van der Waals surface area (Å²) < 4.78 is 0. The topological polar surface area (TPSA) is 52.6 Å². The van der Waals surface area contributed by atoms with Crippen LogP contribution >= 0.6 is 0 Å². The Hall–Kier alpha value is -1.71. The third-order valence-electron chi connectivity index (χ3n) is 2.86. The normalized spacial score (nSPS) is 14.2. The summed E-state index contributed by atoms with van der Waals surface area (Å²) >= 11 is 0. The van der Waals surface area contributed by atoms with Crippen LogP contribution in [0.25, 0.3) is 0 Å². The van der Waals surface area contributed by atoms with Gasteiger partial charge in [0.25, 0.3) is 0 Å². The zero-order valence-electron chi connectivity index (χ0n) is 9.36. The van der Waals surface area contributed by atoms with Gasteiger partial charge >= 0.3 is 5.97 Å². The minimum atomic E-state index is -0.747. The highest BCUT2D eigenvalue weighted by molar-refractivity contribution is 5.73. The lowest BCUT2D eigenvalue weighted by Gasteiger charge is -2.28. The summed E-state index contributed by atoms with van der Waals surface area (Å²) in [6.45, 7) is 1.94. The second-order valence-electron chi connectivity index (χ2n) is 4.09. The van der Waals surface area contributed by atoms with E-state index in [-0.39, 0.29) is 6.42 Å². The molecule has 0 bridgehead atoms. The molecule has 0 saturated carbocycles. The molecule has 0 spiro atoms. The fraction of sp³-hybridized carbons (Fsp3) is 0.417. The van der Waals surface area contributed by atoms with E-state index in [0.29, 0.717) is 6.42 Å². The summed E-state index contributed by atoms with van der Waals surface area (Å²) in [5.41, 5.74) is 3.37. The standard InChI is InChI=1S/C12H16N2O2/c1-14-7-6-13-10-8-9(2-4-11(10)14)3-5-12(15)16/h2,4,8,13H,3,5-7H2,1H3,(H,15,16). The molecule has 0 aliphatic carbocycles. The van der Waals surface area contributed by atoms with Gasteiger partial charge in [-0.2, -0.15) is 0 Å². The molecule has 4 heteroatoms. The third-order valence-corrected chi connectivity index (χ3v) is 2.86. The van der Waals surface area contributed by atoms with Crippen molar-refractivity contribution in [2.45, 2.75) is 12.8 Å². The summed E-state index contributed by atoms with van der Waals surface area (Å²) in [5, 5.41) is 12.0. The van der Waals surface area contributed by atoms with Crippen LogP contribution in [0.1, 0.15) is 12.0 Å².